The van der Waals surface area contributed by atoms with E-state index >= 15 is 0 Å². The average molecular weight is 327 g/mol. The molecule has 0 aliphatic heterocycles. The van der Waals surface area contributed by atoms with Crippen LogP contribution < -0.4 is 0 Å². The summed E-state index contributed by atoms with van der Waals surface area (Å²) in [4.78, 5) is 4.23. The van der Waals surface area contributed by atoms with Gasteiger partial charge in [0.1, 0.15) is 0 Å². The average Bonchev–Trinajstić information content (AvgIpc) is 2.56. The zero-order valence-electron chi connectivity index (χ0n) is 11.6. The fourth-order valence-corrected chi connectivity index (χ4v) is 2.12. The summed E-state index contributed by atoms with van der Waals surface area (Å²) in [6.07, 6.45) is 1.77. The van der Waals surface area contributed by atoms with Crippen LogP contribution in [0.3, 0.4) is 0 Å². The lowest BCUT2D eigenvalue weighted by molar-refractivity contribution is 1.33. The van der Waals surface area contributed by atoms with Crippen LogP contribution in [0.2, 0.25) is 10.0 Å². The Labute approximate surface area is 139 Å². The maximum Gasteiger partial charge on any atom is 0.0992 e. The van der Waals surface area contributed by atoms with Gasteiger partial charge in [-0.3, -0.25) is 4.98 Å². The molecule has 22 heavy (non-hydrogen) atoms. The predicted molar refractivity (Wildman–Crippen MR) is 90.9 cm³/mol. The van der Waals surface area contributed by atoms with E-state index in [-0.39, 0.29) is 0 Å². The Balaban J connectivity index is 0.000000172. The highest BCUT2D eigenvalue weighted by atomic mass is 35.5. The number of nitriles is 1. The fraction of sp³-hybridized carbons (Fsp3) is 0. The summed E-state index contributed by atoms with van der Waals surface area (Å²) in [6.45, 7) is 0. The van der Waals surface area contributed by atoms with E-state index in [0.717, 1.165) is 16.3 Å². The SMILES string of the molecule is Clc1cccc(-c2ccccn2)c1.N#Cc1cccc(Cl)c1. The summed E-state index contributed by atoms with van der Waals surface area (Å²) in [5, 5.41) is 9.70. The number of hydrogen-bond acceptors (Lipinski definition) is 2. The second kappa shape index (κ2) is 8.19. The Morgan fingerprint density at radius 1 is 0.818 bits per heavy atom. The first kappa shape index (κ1) is 16.0. The molecule has 0 amide bonds. The van der Waals surface area contributed by atoms with Crippen molar-refractivity contribution in [1.82, 2.24) is 4.98 Å². The summed E-state index contributed by atoms with van der Waals surface area (Å²) in [5.74, 6) is 0. The predicted octanol–water partition coefficient (Wildman–Crippen LogP) is 5.61. The van der Waals surface area contributed by atoms with Gasteiger partial charge < -0.3 is 0 Å². The number of pyridine rings is 1. The molecule has 108 valence electrons. The lowest BCUT2D eigenvalue weighted by Crippen LogP contribution is -1.80. The van der Waals surface area contributed by atoms with Crippen molar-refractivity contribution >= 4 is 23.2 Å². The van der Waals surface area contributed by atoms with Crippen LogP contribution in [0.1, 0.15) is 5.56 Å². The Kier molecular flexibility index (Phi) is 5.97. The highest BCUT2D eigenvalue weighted by Gasteiger charge is 1.97. The molecule has 2 aromatic carbocycles. The number of halogens is 2. The molecule has 0 fully saturated rings. The molecule has 0 spiro atoms. The molecule has 3 aromatic rings. The molecule has 0 radical (unpaired) electrons. The van der Waals surface area contributed by atoms with E-state index in [4.69, 9.17) is 28.5 Å². The van der Waals surface area contributed by atoms with Crippen LogP contribution in [0, 0.1) is 11.3 Å². The van der Waals surface area contributed by atoms with Crippen LogP contribution in [-0.4, -0.2) is 4.98 Å². The minimum atomic E-state index is 0.600. The molecule has 0 aliphatic rings. The second-order valence-corrected chi connectivity index (χ2v) is 5.22. The number of rotatable bonds is 1. The molecule has 2 nitrogen and oxygen atoms in total. The first-order valence-corrected chi connectivity index (χ1v) is 7.27. The monoisotopic (exact) mass is 326 g/mol. The van der Waals surface area contributed by atoms with Gasteiger partial charge in [-0.1, -0.05) is 47.5 Å². The molecule has 0 N–H and O–H groups in total. The Hall–Kier alpha value is -2.34. The molecule has 4 heteroatoms. The number of nitrogens with zero attached hydrogens (tertiary/aromatic N) is 2. The topological polar surface area (TPSA) is 36.7 Å². The van der Waals surface area contributed by atoms with E-state index in [1.54, 1.807) is 30.5 Å². The number of hydrogen-bond donors (Lipinski definition) is 0. The van der Waals surface area contributed by atoms with Gasteiger partial charge in [-0.15, -0.1) is 0 Å². The standard InChI is InChI=1S/C11H8ClN.C7H4ClN/c12-10-5-3-4-9(8-10)11-6-1-2-7-13-11;8-7-3-1-2-6(4-7)5-9/h1-8H;1-4H. The molecule has 1 aromatic heterocycles. The maximum atomic E-state index is 8.35. The summed E-state index contributed by atoms with van der Waals surface area (Å²) in [5.41, 5.74) is 2.60. The van der Waals surface area contributed by atoms with E-state index in [9.17, 15) is 0 Å². The Morgan fingerprint density at radius 2 is 1.55 bits per heavy atom. The lowest BCUT2D eigenvalue weighted by atomic mass is 10.1. The fourth-order valence-electron chi connectivity index (χ4n) is 1.74. The van der Waals surface area contributed by atoms with E-state index in [0.29, 0.717) is 10.6 Å². The molecule has 0 atom stereocenters. The molecular formula is C18H12Cl2N2. The van der Waals surface area contributed by atoms with Crippen molar-refractivity contribution in [3.05, 3.63) is 88.5 Å². The van der Waals surface area contributed by atoms with Gasteiger partial charge in [-0.2, -0.15) is 5.26 Å². The lowest BCUT2D eigenvalue weighted by Gasteiger charge is -1.99. The van der Waals surface area contributed by atoms with E-state index in [1.165, 1.54) is 0 Å². The smallest absolute Gasteiger partial charge is 0.0992 e. The summed E-state index contributed by atoms with van der Waals surface area (Å²) < 4.78 is 0. The first-order chi connectivity index (χ1) is 10.7. The van der Waals surface area contributed by atoms with Gasteiger partial charge in [0, 0.05) is 21.8 Å². The quantitative estimate of drug-likeness (QED) is 0.582. The van der Waals surface area contributed by atoms with Gasteiger partial charge in [0.15, 0.2) is 0 Å². The van der Waals surface area contributed by atoms with E-state index in [1.807, 2.05) is 48.5 Å². The normalized spacial score (nSPS) is 9.32. The first-order valence-electron chi connectivity index (χ1n) is 6.51. The molecule has 1 heterocycles. The molecular weight excluding hydrogens is 315 g/mol. The van der Waals surface area contributed by atoms with E-state index < -0.39 is 0 Å². The van der Waals surface area contributed by atoms with Crippen molar-refractivity contribution in [3.63, 3.8) is 0 Å². The van der Waals surface area contributed by atoms with Gasteiger partial charge in [0.2, 0.25) is 0 Å². The molecule has 0 saturated heterocycles. The van der Waals surface area contributed by atoms with Crippen LogP contribution in [0.4, 0.5) is 0 Å². The van der Waals surface area contributed by atoms with Crippen LogP contribution >= 0.6 is 23.2 Å². The highest BCUT2D eigenvalue weighted by molar-refractivity contribution is 6.31. The van der Waals surface area contributed by atoms with Crippen LogP contribution in [0.15, 0.2) is 72.9 Å². The molecule has 0 bridgehead atoms. The van der Waals surface area contributed by atoms with Crippen molar-refractivity contribution < 1.29 is 0 Å². The van der Waals surface area contributed by atoms with Gasteiger partial charge in [0.25, 0.3) is 0 Å². The zero-order chi connectivity index (χ0) is 15.8. The minimum Gasteiger partial charge on any atom is -0.256 e. The largest absolute Gasteiger partial charge is 0.256 e. The number of benzene rings is 2. The van der Waals surface area contributed by atoms with Crippen LogP contribution in [0.25, 0.3) is 11.3 Å². The van der Waals surface area contributed by atoms with Gasteiger partial charge in [0.05, 0.1) is 17.3 Å². The maximum absolute atomic E-state index is 8.35. The van der Waals surface area contributed by atoms with Gasteiger partial charge >= 0.3 is 0 Å². The summed E-state index contributed by atoms with van der Waals surface area (Å²) >= 11 is 11.4. The third-order valence-corrected chi connectivity index (χ3v) is 3.21. The third-order valence-electron chi connectivity index (χ3n) is 2.74. The van der Waals surface area contributed by atoms with Crippen molar-refractivity contribution in [2.75, 3.05) is 0 Å². The molecule has 0 aliphatic carbocycles. The summed E-state index contributed by atoms with van der Waals surface area (Å²) in [6, 6.07) is 22.3. The second-order valence-electron chi connectivity index (χ2n) is 4.35. The Bertz CT molecular complexity index is 780. The van der Waals surface area contributed by atoms with Crippen molar-refractivity contribution in [2.45, 2.75) is 0 Å². The van der Waals surface area contributed by atoms with Crippen molar-refractivity contribution in [1.29, 1.82) is 5.26 Å². The van der Waals surface area contributed by atoms with Crippen molar-refractivity contribution in [2.24, 2.45) is 0 Å². The van der Waals surface area contributed by atoms with E-state index in [2.05, 4.69) is 4.98 Å². The zero-order valence-corrected chi connectivity index (χ0v) is 13.1. The summed E-state index contributed by atoms with van der Waals surface area (Å²) in [7, 11) is 0. The van der Waals surface area contributed by atoms with Crippen LogP contribution in [-0.2, 0) is 0 Å². The minimum absolute atomic E-state index is 0.600. The van der Waals surface area contributed by atoms with Gasteiger partial charge in [-0.05, 0) is 42.5 Å². The molecule has 3 rings (SSSR count). The molecule has 0 unspecified atom stereocenters. The van der Waals surface area contributed by atoms with Crippen molar-refractivity contribution in [3.8, 4) is 17.3 Å². The van der Waals surface area contributed by atoms with Gasteiger partial charge in [-0.25, -0.2) is 0 Å². The highest BCUT2D eigenvalue weighted by Crippen LogP contribution is 2.19. The van der Waals surface area contributed by atoms with Crippen LogP contribution in [0.5, 0.6) is 0 Å². The third kappa shape index (κ3) is 4.89. The Morgan fingerprint density at radius 3 is 2.09 bits per heavy atom. The number of aromatic nitrogens is 1. The molecule has 0 saturated carbocycles.